The molecule has 0 bridgehead atoms. The molecule has 0 spiro atoms. The van der Waals surface area contributed by atoms with Crippen LogP contribution in [0.5, 0.6) is 0 Å². The number of hydrogen-bond donors (Lipinski definition) is 0. The summed E-state index contributed by atoms with van der Waals surface area (Å²) in [5.41, 5.74) is 1.77. The molecule has 0 atom stereocenters. The van der Waals surface area contributed by atoms with Crippen LogP contribution in [0.4, 0.5) is 5.69 Å². The molecule has 1 amide bonds. The van der Waals surface area contributed by atoms with Crippen LogP contribution in [0.2, 0.25) is 0 Å². The van der Waals surface area contributed by atoms with E-state index in [0.717, 1.165) is 11.3 Å². The van der Waals surface area contributed by atoms with Gasteiger partial charge in [0.1, 0.15) is 6.33 Å². The zero-order chi connectivity index (χ0) is 15.6. The molecular weight excluding hydrogens is 264 g/mol. The Kier molecular flexibility index (Phi) is 4.11. The van der Waals surface area contributed by atoms with Crippen molar-refractivity contribution in [1.29, 1.82) is 0 Å². The number of aromatic nitrogens is 3. The van der Waals surface area contributed by atoms with E-state index >= 15 is 0 Å². The van der Waals surface area contributed by atoms with Crippen LogP contribution < -0.4 is 4.90 Å². The number of amides is 1. The molecule has 5 nitrogen and oxygen atoms in total. The third kappa shape index (κ3) is 3.12. The Morgan fingerprint density at radius 3 is 2.48 bits per heavy atom. The minimum absolute atomic E-state index is 0.171. The lowest BCUT2D eigenvalue weighted by atomic mass is 10.1. The van der Waals surface area contributed by atoms with Crippen LogP contribution in [0.1, 0.15) is 43.9 Å². The summed E-state index contributed by atoms with van der Waals surface area (Å²) in [4.78, 5) is 18.5. The summed E-state index contributed by atoms with van der Waals surface area (Å²) in [5, 5.41) is 4.32. The van der Waals surface area contributed by atoms with Crippen molar-refractivity contribution in [3.05, 3.63) is 42.0 Å². The van der Waals surface area contributed by atoms with E-state index in [1.54, 1.807) is 15.9 Å². The van der Waals surface area contributed by atoms with Gasteiger partial charge in [-0.3, -0.25) is 4.79 Å². The van der Waals surface area contributed by atoms with Crippen LogP contribution in [-0.2, 0) is 5.54 Å². The Hall–Kier alpha value is -2.17. The number of para-hydroxylation sites is 1. The first kappa shape index (κ1) is 15.2. The van der Waals surface area contributed by atoms with Gasteiger partial charge in [0.05, 0.1) is 5.54 Å². The van der Waals surface area contributed by atoms with Crippen molar-refractivity contribution in [3.8, 4) is 0 Å². The smallest absolute Gasteiger partial charge is 0.297 e. The van der Waals surface area contributed by atoms with E-state index in [0.29, 0.717) is 6.54 Å². The molecular formula is C16H22N4O. The highest BCUT2D eigenvalue weighted by Crippen LogP contribution is 2.21. The zero-order valence-electron chi connectivity index (χ0n) is 13.3. The molecule has 5 heteroatoms. The highest BCUT2D eigenvalue weighted by atomic mass is 16.2. The fourth-order valence-corrected chi connectivity index (χ4v) is 2.09. The summed E-state index contributed by atoms with van der Waals surface area (Å²) in [7, 11) is 0. The summed E-state index contributed by atoms with van der Waals surface area (Å²) in [6.07, 6.45) is 1.61. The van der Waals surface area contributed by atoms with Crippen molar-refractivity contribution in [3.63, 3.8) is 0 Å². The molecule has 0 saturated carbocycles. The van der Waals surface area contributed by atoms with Gasteiger partial charge in [0.2, 0.25) is 5.82 Å². The van der Waals surface area contributed by atoms with Crippen molar-refractivity contribution in [2.75, 3.05) is 11.4 Å². The average molecular weight is 286 g/mol. The standard InChI is InChI=1S/C16H22N4O/c1-6-19(13-10-8-7-9-12(13)2)15(21)14-17-11-20(18-14)16(3,4)5/h7-11H,6H2,1-5H3. The predicted octanol–water partition coefficient (Wildman–Crippen LogP) is 3.01. The van der Waals surface area contributed by atoms with Crippen LogP contribution in [0, 0.1) is 6.92 Å². The van der Waals surface area contributed by atoms with Crippen molar-refractivity contribution in [1.82, 2.24) is 14.8 Å². The van der Waals surface area contributed by atoms with E-state index in [-0.39, 0.29) is 17.3 Å². The molecule has 0 aliphatic heterocycles. The van der Waals surface area contributed by atoms with Gasteiger partial charge in [0.15, 0.2) is 0 Å². The number of aryl methyl sites for hydroxylation is 1. The highest BCUT2D eigenvalue weighted by molar-refractivity contribution is 6.03. The maximum absolute atomic E-state index is 12.7. The molecule has 0 aliphatic rings. The number of nitrogens with zero attached hydrogens (tertiary/aromatic N) is 4. The lowest BCUT2D eigenvalue weighted by Crippen LogP contribution is -2.32. The van der Waals surface area contributed by atoms with E-state index in [1.807, 2.05) is 58.9 Å². The zero-order valence-corrected chi connectivity index (χ0v) is 13.3. The van der Waals surface area contributed by atoms with Gasteiger partial charge in [0, 0.05) is 12.2 Å². The molecule has 0 unspecified atom stereocenters. The van der Waals surface area contributed by atoms with E-state index in [4.69, 9.17) is 0 Å². The number of anilines is 1. The molecule has 2 rings (SSSR count). The van der Waals surface area contributed by atoms with Gasteiger partial charge in [-0.2, -0.15) is 0 Å². The second-order valence-electron chi connectivity index (χ2n) is 6.02. The van der Waals surface area contributed by atoms with Gasteiger partial charge in [-0.25, -0.2) is 9.67 Å². The molecule has 2 aromatic rings. The van der Waals surface area contributed by atoms with Crippen molar-refractivity contribution in [2.24, 2.45) is 0 Å². The van der Waals surface area contributed by atoms with E-state index in [9.17, 15) is 4.79 Å². The number of rotatable bonds is 3. The SMILES string of the molecule is CCN(C(=O)c1ncn(C(C)(C)C)n1)c1ccccc1C. The third-order valence-corrected chi connectivity index (χ3v) is 3.34. The molecule has 0 N–H and O–H groups in total. The van der Waals surface area contributed by atoms with Crippen LogP contribution in [0.15, 0.2) is 30.6 Å². The Labute approximate surface area is 125 Å². The second-order valence-corrected chi connectivity index (χ2v) is 6.02. The molecule has 0 saturated heterocycles. The van der Waals surface area contributed by atoms with Crippen LogP contribution >= 0.6 is 0 Å². The van der Waals surface area contributed by atoms with Gasteiger partial charge < -0.3 is 4.90 Å². The monoisotopic (exact) mass is 286 g/mol. The quantitative estimate of drug-likeness (QED) is 0.871. The fourth-order valence-electron chi connectivity index (χ4n) is 2.09. The van der Waals surface area contributed by atoms with E-state index < -0.39 is 0 Å². The molecule has 112 valence electrons. The lowest BCUT2D eigenvalue weighted by molar-refractivity contribution is 0.0977. The summed E-state index contributed by atoms with van der Waals surface area (Å²) < 4.78 is 1.71. The Bertz CT molecular complexity index is 640. The maximum Gasteiger partial charge on any atom is 0.297 e. The molecule has 1 aromatic heterocycles. The van der Waals surface area contributed by atoms with Gasteiger partial charge >= 0.3 is 0 Å². The largest absolute Gasteiger partial charge is 0.306 e. The molecule has 1 heterocycles. The minimum atomic E-state index is -0.189. The molecule has 0 radical (unpaired) electrons. The first-order valence-corrected chi connectivity index (χ1v) is 7.14. The van der Waals surface area contributed by atoms with E-state index in [1.165, 1.54) is 0 Å². The number of hydrogen-bond acceptors (Lipinski definition) is 3. The Morgan fingerprint density at radius 2 is 1.95 bits per heavy atom. The van der Waals surface area contributed by atoms with Crippen molar-refractivity contribution in [2.45, 2.75) is 40.2 Å². The predicted molar refractivity (Wildman–Crippen MR) is 83.5 cm³/mol. The van der Waals surface area contributed by atoms with Gasteiger partial charge in [0.25, 0.3) is 5.91 Å². The van der Waals surface area contributed by atoms with Gasteiger partial charge in [-0.1, -0.05) is 18.2 Å². The minimum Gasteiger partial charge on any atom is -0.306 e. The van der Waals surface area contributed by atoms with Crippen molar-refractivity contribution >= 4 is 11.6 Å². The molecule has 21 heavy (non-hydrogen) atoms. The summed E-state index contributed by atoms with van der Waals surface area (Å²) in [5.74, 6) is 0.0600. The first-order chi connectivity index (χ1) is 9.84. The first-order valence-electron chi connectivity index (χ1n) is 7.14. The van der Waals surface area contributed by atoms with Crippen LogP contribution in [0.3, 0.4) is 0 Å². The molecule has 0 fully saturated rings. The summed E-state index contributed by atoms with van der Waals surface area (Å²) in [6.45, 7) is 10.6. The third-order valence-electron chi connectivity index (χ3n) is 3.34. The van der Waals surface area contributed by atoms with Crippen LogP contribution in [-0.4, -0.2) is 27.2 Å². The summed E-state index contributed by atoms with van der Waals surface area (Å²) in [6, 6.07) is 7.83. The Balaban J connectivity index is 2.33. The Morgan fingerprint density at radius 1 is 1.29 bits per heavy atom. The van der Waals surface area contributed by atoms with Gasteiger partial charge in [-0.15, -0.1) is 5.10 Å². The number of benzene rings is 1. The van der Waals surface area contributed by atoms with Crippen molar-refractivity contribution < 1.29 is 4.79 Å². The summed E-state index contributed by atoms with van der Waals surface area (Å²) >= 11 is 0. The van der Waals surface area contributed by atoms with Crippen LogP contribution in [0.25, 0.3) is 0 Å². The van der Waals surface area contributed by atoms with E-state index in [2.05, 4.69) is 10.1 Å². The topological polar surface area (TPSA) is 51.0 Å². The number of carbonyl (C=O) groups is 1. The second kappa shape index (κ2) is 5.68. The normalized spacial score (nSPS) is 11.5. The highest BCUT2D eigenvalue weighted by Gasteiger charge is 2.23. The average Bonchev–Trinajstić information content (AvgIpc) is 2.91. The lowest BCUT2D eigenvalue weighted by Gasteiger charge is -2.21. The number of carbonyl (C=O) groups excluding carboxylic acids is 1. The fraction of sp³-hybridized carbons (Fsp3) is 0.438. The molecule has 1 aromatic carbocycles. The van der Waals surface area contributed by atoms with Gasteiger partial charge in [-0.05, 0) is 46.2 Å². The molecule has 0 aliphatic carbocycles. The maximum atomic E-state index is 12.7.